The fourth-order valence-corrected chi connectivity index (χ4v) is 4.18. The molecule has 3 aromatic rings. The van der Waals surface area contributed by atoms with Crippen molar-refractivity contribution in [2.24, 2.45) is 0 Å². The van der Waals surface area contributed by atoms with Crippen LogP contribution < -0.4 is 4.90 Å². The van der Waals surface area contributed by atoms with Crippen LogP contribution in [0.15, 0.2) is 36.4 Å². The van der Waals surface area contributed by atoms with Crippen LogP contribution in [0.5, 0.6) is 0 Å². The van der Waals surface area contributed by atoms with Crippen LogP contribution in [-0.2, 0) is 17.7 Å². The normalized spacial score (nSPS) is 17.6. The van der Waals surface area contributed by atoms with Crippen LogP contribution in [-0.4, -0.2) is 45.8 Å². The number of hydrogen-bond donors (Lipinski definition) is 0. The molecule has 6 nitrogen and oxygen atoms in total. The van der Waals surface area contributed by atoms with E-state index in [-0.39, 0.29) is 6.10 Å². The minimum Gasteiger partial charge on any atom is -0.373 e. The number of ether oxygens (including phenoxy) is 1. The highest BCUT2D eigenvalue weighted by atomic mass is 32.1. The molecule has 1 atom stereocenters. The molecule has 1 fully saturated rings. The van der Waals surface area contributed by atoms with E-state index in [1.54, 1.807) is 11.3 Å². The van der Waals surface area contributed by atoms with Crippen LogP contribution in [0.1, 0.15) is 22.0 Å². The van der Waals surface area contributed by atoms with Crippen molar-refractivity contribution >= 4 is 16.5 Å². The van der Waals surface area contributed by atoms with Crippen LogP contribution in [0.4, 0.5) is 5.13 Å². The number of rotatable bonds is 5. The van der Waals surface area contributed by atoms with E-state index in [0.717, 1.165) is 41.9 Å². The Balaban J connectivity index is 1.41. The van der Waals surface area contributed by atoms with Gasteiger partial charge in [-0.15, -0.1) is 10.2 Å². The molecule has 1 aromatic carbocycles. The van der Waals surface area contributed by atoms with Gasteiger partial charge in [-0.1, -0.05) is 41.7 Å². The molecule has 0 bridgehead atoms. The summed E-state index contributed by atoms with van der Waals surface area (Å²) < 4.78 is 7.99. The van der Waals surface area contributed by atoms with Gasteiger partial charge in [-0.25, -0.2) is 0 Å². The molecule has 1 aliphatic heterocycles. The Labute approximate surface area is 157 Å². The molecule has 3 heterocycles. The summed E-state index contributed by atoms with van der Waals surface area (Å²) in [6.07, 6.45) is 0.945. The van der Waals surface area contributed by atoms with E-state index in [4.69, 9.17) is 4.74 Å². The van der Waals surface area contributed by atoms with Gasteiger partial charge in [-0.2, -0.15) is 5.10 Å². The van der Waals surface area contributed by atoms with E-state index in [0.29, 0.717) is 6.61 Å². The summed E-state index contributed by atoms with van der Waals surface area (Å²) in [5.41, 5.74) is 3.48. The lowest BCUT2D eigenvalue weighted by molar-refractivity contribution is 0.0269. The maximum absolute atomic E-state index is 5.95. The number of benzene rings is 1. The van der Waals surface area contributed by atoms with Gasteiger partial charge in [0.25, 0.3) is 0 Å². The molecule has 7 heteroatoms. The zero-order chi connectivity index (χ0) is 17.9. The molecule has 0 N–H and O–H groups in total. The predicted octanol–water partition coefficient (Wildman–Crippen LogP) is 2.85. The molecule has 136 valence electrons. The average molecular weight is 369 g/mol. The van der Waals surface area contributed by atoms with Gasteiger partial charge in [-0.3, -0.25) is 4.68 Å². The van der Waals surface area contributed by atoms with Gasteiger partial charge in [0.1, 0.15) is 5.01 Å². The van der Waals surface area contributed by atoms with Crippen LogP contribution >= 0.6 is 11.3 Å². The van der Waals surface area contributed by atoms with Crippen molar-refractivity contribution < 1.29 is 4.74 Å². The van der Waals surface area contributed by atoms with Crippen LogP contribution in [0, 0.1) is 13.8 Å². The lowest BCUT2D eigenvalue weighted by atomic mass is 10.2. The molecule has 0 radical (unpaired) electrons. The highest BCUT2D eigenvalue weighted by Crippen LogP contribution is 2.24. The van der Waals surface area contributed by atoms with Gasteiger partial charge in [-0.05, 0) is 25.5 Å². The third-order valence-electron chi connectivity index (χ3n) is 4.54. The number of aryl methyl sites for hydroxylation is 2. The standard InChI is InChI=1S/C19H23N5OS/c1-14-10-15(2)24(22-14)13-17-12-23(8-9-25-17)19-21-20-18(26-19)11-16-6-4-3-5-7-16/h3-7,10,17H,8-9,11-13H2,1-2H3. The van der Waals surface area contributed by atoms with Crippen molar-refractivity contribution in [3.63, 3.8) is 0 Å². The zero-order valence-corrected chi connectivity index (χ0v) is 15.9. The second kappa shape index (κ2) is 7.55. The number of hydrogen-bond acceptors (Lipinski definition) is 6. The maximum atomic E-state index is 5.95. The maximum Gasteiger partial charge on any atom is 0.208 e. The van der Waals surface area contributed by atoms with E-state index in [1.165, 1.54) is 11.3 Å². The fraction of sp³-hybridized carbons (Fsp3) is 0.421. The van der Waals surface area contributed by atoms with E-state index >= 15 is 0 Å². The molecule has 1 unspecified atom stereocenters. The quantitative estimate of drug-likeness (QED) is 0.692. The minimum atomic E-state index is 0.114. The first-order valence-corrected chi connectivity index (χ1v) is 9.73. The Morgan fingerprint density at radius 3 is 2.81 bits per heavy atom. The highest BCUT2D eigenvalue weighted by Gasteiger charge is 2.24. The highest BCUT2D eigenvalue weighted by molar-refractivity contribution is 7.15. The summed E-state index contributed by atoms with van der Waals surface area (Å²) in [5.74, 6) is 0. The molecule has 2 aromatic heterocycles. The number of morpholine rings is 1. The molecule has 0 saturated carbocycles. The van der Waals surface area contributed by atoms with Crippen molar-refractivity contribution in [1.29, 1.82) is 0 Å². The molecule has 0 amide bonds. The molecule has 0 aliphatic carbocycles. The Bertz CT molecular complexity index is 860. The number of anilines is 1. The Hall–Kier alpha value is -2.25. The first-order valence-electron chi connectivity index (χ1n) is 8.91. The van der Waals surface area contributed by atoms with Gasteiger partial charge < -0.3 is 9.64 Å². The molecule has 4 rings (SSSR count). The third-order valence-corrected chi connectivity index (χ3v) is 5.53. The summed E-state index contributed by atoms with van der Waals surface area (Å²) >= 11 is 1.68. The largest absolute Gasteiger partial charge is 0.373 e. The lowest BCUT2D eigenvalue weighted by Gasteiger charge is -2.32. The number of nitrogens with zero attached hydrogens (tertiary/aromatic N) is 5. The second-order valence-electron chi connectivity index (χ2n) is 6.69. The van der Waals surface area contributed by atoms with Gasteiger partial charge in [0.15, 0.2) is 0 Å². The van der Waals surface area contributed by atoms with Gasteiger partial charge >= 0.3 is 0 Å². The molecule has 26 heavy (non-hydrogen) atoms. The summed E-state index contributed by atoms with van der Waals surface area (Å²) in [5, 5.41) is 15.4. The number of aromatic nitrogens is 4. The van der Waals surface area contributed by atoms with E-state index < -0.39 is 0 Å². The lowest BCUT2D eigenvalue weighted by Crippen LogP contribution is -2.44. The smallest absolute Gasteiger partial charge is 0.208 e. The van der Waals surface area contributed by atoms with Gasteiger partial charge in [0.2, 0.25) is 5.13 Å². The summed E-state index contributed by atoms with van der Waals surface area (Å²) in [6, 6.07) is 12.5. The monoisotopic (exact) mass is 369 g/mol. The van der Waals surface area contributed by atoms with Gasteiger partial charge in [0, 0.05) is 25.2 Å². The molecule has 1 aliphatic rings. The van der Waals surface area contributed by atoms with Crippen LogP contribution in [0.3, 0.4) is 0 Å². The first kappa shape index (κ1) is 17.2. The Morgan fingerprint density at radius 2 is 2.04 bits per heavy atom. The van der Waals surface area contributed by atoms with E-state index in [1.807, 2.05) is 17.7 Å². The molecule has 0 spiro atoms. The minimum absolute atomic E-state index is 0.114. The average Bonchev–Trinajstić information content (AvgIpc) is 3.22. The molecular weight excluding hydrogens is 346 g/mol. The summed E-state index contributed by atoms with van der Waals surface area (Å²) in [7, 11) is 0. The SMILES string of the molecule is Cc1cc(C)n(CC2CN(c3nnc(Cc4ccccc4)s3)CCO2)n1. The van der Waals surface area contributed by atoms with Crippen molar-refractivity contribution in [2.45, 2.75) is 32.9 Å². The fourth-order valence-electron chi connectivity index (χ4n) is 3.27. The van der Waals surface area contributed by atoms with Crippen molar-refractivity contribution in [3.05, 3.63) is 58.4 Å². The van der Waals surface area contributed by atoms with Crippen LogP contribution in [0.2, 0.25) is 0 Å². The van der Waals surface area contributed by atoms with E-state index in [9.17, 15) is 0 Å². The third kappa shape index (κ3) is 3.94. The molecular formula is C19H23N5OS. The van der Waals surface area contributed by atoms with Crippen molar-refractivity contribution in [2.75, 3.05) is 24.6 Å². The predicted molar refractivity (Wildman–Crippen MR) is 103 cm³/mol. The zero-order valence-electron chi connectivity index (χ0n) is 15.1. The van der Waals surface area contributed by atoms with Crippen molar-refractivity contribution in [3.8, 4) is 0 Å². The Kier molecular flexibility index (Phi) is 4.99. The topological polar surface area (TPSA) is 56.1 Å². The second-order valence-corrected chi connectivity index (χ2v) is 7.73. The van der Waals surface area contributed by atoms with Crippen molar-refractivity contribution in [1.82, 2.24) is 20.0 Å². The summed E-state index contributed by atoms with van der Waals surface area (Å²) in [6.45, 7) is 7.25. The Morgan fingerprint density at radius 1 is 1.19 bits per heavy atom. The molecule has 1 saturated heterocycles. The first-order chi connectivity index (χ1) is 12.7. The van der Waals surface area contributed by atoms with E-state index in [2.05, 4.69) is 57.5 Å². The summed E-state index contributed by atoms with van der Waals surface area (Å²) in [4.78, 5) is 2.28. The van der Waals surface area contributed by atoms with Crippen LogP contribution in [0.25, 0.3) is 0 Å². The van der Waals surface area contributed by atoms with Gasteiger partial charge in [0.05, 0.1) is 24.9 Å².